The second kappa shape index (κ2) is 21.8. The number of benzene rings is 5. The fourth-order valence-corrected chi connectivity index (χ4v) is 6.62. The van der Waals surface area contributed by atoms with Crippen molar-refractivity contribution in [3.63, 3.8) is 0 Å². The summed E-state index contributed by atoms with van der Waals surface area (Å²) in [6.07, 6.45) is 0.430. The van der Waals surface area contributed by atoms with Gasteiger partial charge in [-0.1, -0.05) is 152 Å². The first-order valence-electron chi connectivity index (χ1n) is 18.9. The van der Waals surface area contributed by atoms with E-state index in [0.29, 0.717) is 39.5 Å². The molecule has 8 heteroatoms. The van der Waals surface area contributed by atoms with Crippen LogP contribution in [0.3, 0.4) is 0 Å². The van der Waals surface area contributed by atoms with Gasteiger partial charge >= 0.3 is 5.97 Å². The number of carbonyl (C=O) groups excluding carboxylic acids is 1. The largest absolute Gasteiger partial charge is 0.460 e. The van der Waals surface area contributed by atoms with E-state index in [1.54, 1.807) is 6.08 Å². The van der Waals surface area contributed by atoms with E-state index in [1.165, 1.54) is 6.08 Å². The predicted molar refractivity (Wildman–Crippen MR) is 211 cm³/mol. The van der Waals surface area contributed by atoms with Gasteiger partial charge in [-0.05, 0) is 40.3 Å². The van der Waals surface area contributed by atoms with Crippen LogP contribution in [0.5, 0.6) is 0 Å². The highest BCUT2D eigenvalue weighted by Crippen LogP contribution is 2.36. The summed E-state index contributed by atoms with van der Waals surface area (Å²) in [4.78, 5) is 12.5. The second-order valence-electron chi connectivity index (χ2n) is 13.7. The van der Waals surface area contributed by atoms with Gasteiger partial charge in [-0.25, -0.2) is 4.79 Å². The van der Waals surface area contributed by atoms with Gasteiger partial charge in [0.1, 0.15) is 24.9 Å². The lowest BCUT2D eigenvalue weighted by Gasteiger charge is -2.46. The molecule has 6 atom stereocenters. The van der Waals surface area contributed by atoms with Crippen molar-refractivity contribution in [1.29, 1.82) is 0 Å². The number of aliphatic hydroxyl groups is 1. The molecule has 8 nitrogen and oxygen atoms in total. The van der Waals surface area contributed by atoms with Crippen LogP contribution in [0.4, 0.5) is 0 Å². The number of hydrogen-bond donors (Lipinski definition) is 1. The maximum Gasteiger partial charge on any atom is 0.330 e. The first kappa shape index (κ1) is 39.8. The molecule has 0 saturated heterocycles. The highest BCUT2D eigenvalue weighted by molar-refractivity contribution is 5.87. The van der Waals surface area contributed by atoms with Crippen molar-refractivity contribution < 1.29 is 38.3 Å². The van der Waals surface area contributed by atoms with E-state index in [0.717, 1.165) is 27.8 Å². The Morgan fingerprint density at radius 3 is 1.55 bits per heavy atom. The first-order valence-corrected chi connectivity index (χ1v) is 18.9. The van der Waals surface area contributed by atoms with E-state index >= 15 is 0 Å². The Kier molecular flexibility index (Phi) is 15.8. The zero-order valence-corrected chi connectivity index (χ0v) is 31.0. The molecule has 0 aromatic heterocycles. The summed E-state index contributed by atoms with van der Waals surface area (Å²) in [6, 6.07) is 49.6. The average molecular weight is 743 g/mol. The van der Waals surface area contributed by atoms with E-state index in [1.807, 2.05) is 152 Å². The number of hydrogen-bond acceptors (Lipinski definition) is 8. The quantitative estimate of drug-likeness (QED) is 0.0634. The van der Waals surface area contributed by atoms with Crippen molar-refractivity contribution in [1.82, 2.24) is 0 Å². The molecule has 6 rings (SSSR count). The van der Waals surface area contributed by atoms with Gasteiger partial charge in [0.15, 0.2) is 0 Å². The van der Waals surface area contributed by atoms with Crippen LogP contribution in [0.15, 0.2) is 158 Å². The molecule has 1 aliphatic carbocycles. The summed E-state index contributed by atoms with van der Waals surface area (Å²) in [5.41, 5.74) is 5.02. The Morgan fingerprint density at radius 1 is 0.564 bits per heavy atom. The third-order valence-corrected chi connectivity index (χ3v) is 9.45. The van der Waals surface area contributed by atoms with Crippen molar-refractivity contribution in [2.24, 2.45) is 5.92 Å². The summed E-state index contributed by atoms with van der Waals surface area (Å²) < 4.78 is 38.6. The summed E-state index contributed by atoms with van der Waals surface area (Å²) in [5.74, 6) is -0.694. The fourth-order valence-electron chi connectivity index (χ4n) is 6.62. The lowest BCUT2D eigenvalue weighted by molar-refractivity contribution is -0.236. The maximum atomic E-state index is 12.5. The monoisotopic (exact) mass is 742 g/mol. The number of rotatable bonds is 20. The van der Waals surface area contributed by atoms with E-state index in [9.17, 15) is 9.90 Å². The summed E-state index contributed by atoms with van der Waals surface area (Å²) in [6.45, 7) is 1.57. The number of carbonyl (C=O) groups is 1. The molecular formula is C47H50O8. The van der Waals surface area contributed by atoms with Crippen LogP contribution < -0.4 is 0 Å². The van der Waals surface area contributed by atoms with Gasteiger partial charge in [0.2, 0.25) is 0 Å². The minimum Gasteiger partial charge on any atom is -0.460 e. The normalized spacial score (nSPS) is 20.3. The lowest BCUT2D eigenvalue weighted by Crippen LogP contribution is -2.58. The van der Waals surface area contributed by atoms with Crippen LogP contribution in [0.1, 0.15) is 34.2 Å². The zero-order valence-electron chi connectivity index (χ0n) is 31.0. The van der Waals surface area contributed by atoms with Crippen molar-refractivity contribution in [3.8, 4) is 0 Å². The number of ether oxygens (including phenoxy) is 6. The lowest BCUT2D eigenvalue weighted by atomic mass is 9.80. The Hall–Kier alpha value is -4.93. The van der Waals surface area contributed by atoms with E-state index in [-0.39, 0.29) is 19.1 Å². The van der Waals surface area contributed by atoms with Crippen LogP contribution in [0, 0.1) is 5.92 Å². The van der Waals surface area contributed by atoms with Crippen molar-refractivity contribution >= 4 is 12.0 Å². The molecule has 0 bridgehead atoms. The van der Waals surface area contributed by atoms with Crippen LogP contribution in [-0.2, 0) is 59.6 Å². The van der Waals surface area contributed by atoms with Crippen LogP contribution in [0.25, 0.3) is 6.08 Å². The summed E-state index contributed by atoms with van der Waals surface area (Å²) >= 11 is 0. The SMILES string of the molecule is O=C(C=Cc1ccccc1)OC[C@@H](O)COC1CC(COCc2ccccc2)C(OCc2ccccc2)C(OCc2ccccc2)C1OCc1ccccc1. The smallest absolute Gasteiger partial charge is 0.330 e. The third-order valence-electron chi connectivity index (χ3n) is 9.45. The minimum absolute atomic E-state index is 0.0793. The molecule has 1 fully saturated rings. The molecule has 286 valence electrons. The summed E-state index contributed by atoms with van der Waals surface area (Å²) in [5, 5.41) is 11.0. The molecule has 5 unspecified atom stereocenters. The first-order chi connectivity index (χ1) is 27.1. The van der Waals surface area contributed by atoms with E-state index in [2.05, 4.69) is 0 Å². The Balaban J connectivity index is 1.22. The molecule has 1 saturated carbocycles. The summed E-state index contributed by atoms with van der Waals surface area (Å²) in [7, 11) is 0. The predicted octanol–water partition coefficient (Wildman–Crippen LogP) is 7.98. The second-order valence-corrected chi connectivity index (χ2v) is 13.7. The van der Waals surface area contributed by atoms with Gasteiger partial charge in [-0.15, -0.1) is 0 Å². The molecule has 0 aliphatic heterocycles. The third kappa shape index (κ3) is 13.1. The number of esters is 1. The zero-order chi connectivity index (χ0) is 37.9. The average Bonchev–Trinajstić information content (AvgIpc) is 3.24. The Morgan fingerprint density at radius 2 is 1.02 bits per heavy atom. The molecule has 5 aromatic rings. The molecule has 55 heavy (non-hydrogen) atoms. The van der Waals surface area contributed by atoms with Gasteiger partial charge < -0.3 is 33.5 Å². The van der Waals surface area contributed by atoms with E-state index < -0.39 is 36.5 Å². The molecular weight excluding hydrogens is 693 g/mol. The molecule has 1 aliphatic rings. The van der Waals surface area contributed by atoms with E-state index in [4.69, 9.17) is 28.4 Å². The number of aliphatic hydroxyl groups excluding tert-OH is 1. The Labute approximate surface area is 324 Å². The Bertz CT molecular complexity index is 1820. The molecule has 0 spiro atoms. The van der Waals surface area contributed by atoms with Gasteiger partial charge in [0, 0.05) is 12.0 Å². The van der Waals surface area contributed by atoms with Crippen LogP contribution >= 0.6 is 0 Å². The molecule has 5 aromatic carbocycles. The highest BCUT2D eigenvalue weighted by atomic mass is 16.6. The molecule has 1 N–H and O–H groups in total. The van der Waals surface area contributed by atoms with Gasteiger partial charge in [-0.2, -0.15) is 0 Å². The van der Waals surface area contributed by atoms with Gasteiger partial charge in [0.05, 0.1) is 51.8 Å². The maximum absolute atomic E-state index is 12.5. The van der Waals surface area contributed by atoms with Gasteiger partial charge in [0.25, 0.3) is 0 Å². The molecule has 0 heterocycles. The van der Waals surface area contributed by atoms with Crippen molar-refractivity contribution in [3.05, 3.63) is 186 Å². The minimum atomic E-state index is -1.06. The standard InChI is InChI=1S/C47H50O8/c48-42(35-52-44(49)27-26-36-16-6-1-7-17-36)34-51-43-28-41(33-50-29-37-18-8-2-9-19-37)45(53-30-38-20-10-3-11-21-38)47(55-32-40-24-14-5-15-25-40)46(43)54-31-39-22-12-4-13-23-39/h1-27,41-43,45-48H,28-35H2/t41?,42-,43?,45?,46?,47?/m0/s1. The fraction of sp³-hybridized carbons (Fsp3) is 0.298. The van der Waals surface area contributed by atoms with Gasteiger partial charge in [-0.3, -0.25) is 0 Å². The molecule has 0 amide bonds. The van der Waals surface area contributed by atoms with Crippen LogP contribution in [-0.4, -0.2) is 61.4 Å². The van der Waals surface area contributed by atoms with Crippen LogP contribution in [0.2, 0.25) is 0 Å². The topological polar surface area (TPSA) is 92.7 Å². The molecule has 0 radical (unpaired) electrons. The highest BCUT2D eigenvalue weighted by Gasteiger charge is 2.48. The van der Waals surface area contributed by atoms with Crippen molar-refractivity contribution in [2.75, 3.05) is 19.8 Å². The van der Waals surface area contributed by atoms with Crippen molar-refractivity contribution in [2.45, 2.75) is 63.4 Å².